The van der Waals surface area contributed by atoms with Gasteiger partial charge in [-0.25, -0.2) is 0 Å². The molecule has 0 aromatic heterocycles. The Bertz CT molecular complexity index is 616. The predicted octanol–water partition coefficient (Wildman–Crippen LogP) is 2.06. The average molecular weight is 339 g/mol. The second-order valence-electron chi connectivity index (χ2n) is 6.24. The third-order valence-corrected chi connectivity index (χ3v) is 3.57. The summed E-state index contributed by atoms with van der Waals surface area (Å²) in [5.74, 6) is 0.0371. The normalized spacial score (nSPS) is 11.1. The largest absolute Gasteiger partial charge is 0.493 e. The predicted molar refractivity (Wildman–Crippen MR) is 90.6 cm³/mol. The Morgan fingerprint density at radius 3 is 2.46 bits per heavy atom. The van der Waals surface area contributed by atoms with Gasteiger partial charge in [0.1, 0.15) is 5.56 Å². The van der Waals surface area contributed by atoms with E-state index >= 15 is 0 Å². The summed E-state index contributed by atoms with van der Waals surface area (Å²) in [5, 5.41) is 11.4. The fraction of sp³-hybridized carbons (Fsp3) is 0.562. The van der Waals surface area contributed by atoms with Crippen LogP contribution in [-0.2, 0) is 0 Å². The average Bonchev–Trinajstić information content (AvgIpc) is 2.53. The molecule has 8 heteroatoms. The Morgan fingerprint density at radius 2 is 2.00 bits per heavy atom. The van der Waals surface area contributed by atoms with Crippen LogP contribution in [0.25, 0.3) is 0 Å². The van der Waals surface area contributed by atoms with Gasteiger partial charge < -0.3 is 20.1 Å². The molecule has 1 rings (SSSR count). The van der Waals surface area contributed by atoms with Crippen LogP contribution in [0.15, 0.2) is 12.1 Å². The zero-order valence-electron chi connectivity index (χ0n) is 14.8. The van der Waals surface area contributed by atoms with Crippen LogP contribution in [0.4, 0.5) is 5.69 Å². The summed E-state index contributed by atoms with van der Waals surface area (Å²) in [6, 6.07) is 2.56. The Kier molecular flexibility index (Phi) is 6.53. The van der Waals surface area contributed by atoms with E-state index in [4.69, 9.17) is 15.2 Å². The zero-order valence-corrected chi connectivity index (χ0v) is 14.8. The van der Waals surface area contributed by atoms with Gasteiger partial charge in [0.2, 0.25) is 0 Å². The Hall–Kier alpha value is -2.35. The van der Waals surface area contributed by atoms with Crippen molar-refractivity contribution in [2.24, 2.45) is 11.1 Å². The van der Waals surface area contributed by atoms with E-state index in [1.54, 1.807) is 14.0 Å². The second kappa shape index (κ2) is 7.96. The van der Waals surface area contributed by atoms with Gasteiger partial charge in [-0.15, -0.1) is 0 Å². The van der Waals surface area contributed by atoms with Crippen molar-refractivity contribution in [1.29, 1.82) is 0 Å². The minimum atomic E-state index is -0.600. The molecule has 134 valence electrons. The molecule has 1 aromatic rings. The smallest absolute Gasteiger partial charge is 0.286 e. The maximum atomic E-state index is 12.7. The summed E-state index contributed by atoms with van der Waals surface area (Å²) in [4.78, 5) is 24.9. The van der Waals surface area contributed by atoms with Gasteiger partial charge in [0.15, 0.2) is 11.5 Å². The summed E-state index contributed by atoms with van der Waals surface area (Å²) in [5.41, 5.74) is 5.03. The number of nitrogens with zero attached hydrogens (tertiary/aromatic N) is 2. The minimum absolute atomic E-state index is 0.0457. The van der Waals surface area contributed by atoms with Crippen LogP contribution >= 0.6 is 0 Å². The number of ether oxygens (including phenoxy) is 2. The molecule has 0 unspecified atom stereocenters. The molecule has 0 bridgehead atoms. The van der Waals surface area contributed by atoms with E-state index in [0.29, 0.717) is 19.7 Å². The standard InChI is InChI=1S/C16H25N3O5/c1-6-24-14-8-12(19(21)22)11(7-13(14)23-5)15(20)18(4)10-16(2,3)9-17/h7-8H,6,9-10,17H2,1-5H3. The van der Waals surface area contributed by atoms with E-state index in [0.717, 1.165) is 0 Å². The minimum Gasteiger partial charge on any atom is -0.493 e. The van der Waals surface area contributed by atoms with Crippen LogP contribution in [0.2, 0.25) is 0 Å². The van der Waals surface area contributed by atoms with E-state index in [1.165, 1.54) is 24.1 Å². The van der Waals surface area contributed by atoms with Crippen LogP contribution in [0.3, 0.4) is 0 Å². The lowest BCUT2D eigenvalue weighted by atomic mass is 9.93. The second-order valence-corrected chi connectivity index (χ2v) is 6.24. The lowest BCUT2D eigenvalue weighted by molar-refractivity contribution is -0.385. The van der Waals surface area contributed by atoms with Crippen molar-refractivity contribution in [2.75, 3.05) is 33.9 Å². The lowest BCUT2D eigenvalue weighted by Gasteiger charge is -2.29. The molecule has 1 aromatic carbocycles. The van der Waals surface area contributed by atoms with Crippen molar-refractivity contribution in [2.45, 2.75) is 20.8 Å². The van der Waals surface area contributed by atoms with Gasteiger partial charge >= 0.3 is 0 Å². The van der Waals surface area contributed by atoms with Gasteiger partial charge in [-0.2, -0.15) is 0 Å². The van der Waals surface area contributed by atoms with Gasteiger partial charge in [-0.1, -0.05) is 13.8 Å². The van der Waals surface area contributed by atoms with Crippen LogP contribution in [0.5, 0.6) is 11.5 Å². The molecule has 8 nitrogen and oxygen atoms in total. The van der Waals surface area contributed by atoms with Crippen LogP contribution in [-0.4, -0.2) is 49.6 Å². The molecular formula is C16H25N3O5. The Balaban J connectivity index is 3.30. The van der Waals surface area contributed by atoms with Crippen molar-refractivity contribution in [3.05, 3.63) is 27.8 Å². The Morgan fingerprint density at radius 1 is 1.38 bits per heavy atom. The number of carbonyl (C=O) groups is 1. The molecule has 0 spiro atoms. The topological polar surface area (TPSA) is 108 Å². The van der Waals surface area contributed by atoms with Gasteiger partial charge in [0.25, 0.3) is 11.6 Å². The lowest BCUT2D eigenvalue weighted by Crippen LogP contribution is -2.40. The van der Waals surface area contributed by atoms with Crippen LogP contribution in [0.1, 0.15) is 31.1 Å². The fourth-order valence-electron chi connectivity index (χ4n) is 2.28. The molecule has 0 fully saturated rings. The molecule has 0 saturated carbocycles. The highest BCUT2D eigenvalue weighted by Crippen LogP contribution is 2.35. The molecular weight excluding hydrogens is 314 g/mol. The molecule has 0 atom stereocenters. The summed E-state index contributed by atoms with van der Waals surface area (Å²) in [6.07, 6.45) is 0. The number of hydrogen-bond acceptors (Lipinski definition) is 6. The maximum Gasteiger partial charge on any atom is 0.286 e. The molecule has 1 amide bonds. The number of hydrogen-bond donors (Lipinski definition) is 1. The van der Waals surface area contributed by atoms with Gasteiger partial charge in [-0.05, 0) is 18.9 Å². The molecule has 0 aliphatic carbocycles. The molecule has 0 radical (unpaired) electrons. The van der Waals surface area contributed by atoms with Crippen LogP contribution in [0, 0.1) is 15.5 Å². The number of rotatable bonds is 8. The first-order valence-corrected chi connectivity index (χ1v) is 7.61. The molecule has 0 heterocycles. The maximum absolute atomic E-state index is 12.7. The van der Waals surface area contributed by atoms with E-state index < -0.39 is 10.8 Å². The van der Waals surface area contributed by atoms with E-state index in [1.807, 2.05) is 13.8 Å². The van der Waals surface area contributed by atoms with Gasteiger partial charge in [0, 0.05) is 19.7 Å². The summed E-state index contributed by atoms with van der Waals surface area (Å²) < 4.78 is 10.5. The Labute approximate surface area is 141 Å². The van der Waals surface area contributed by atoms with Crippen molar-refractivity contribution in [3.63, 3.8) is 0 Å². The fourth-order valence-corrected chi connectivity index (χ4v) is 2.28. The van der Waals surface area contributed by atoms with E-state index in [9.17, 15) is 14.9 Å². The number of amides is 1. The van der Waals surface area contributed by atoms with E-state index in [2.05, 4.69) is 0 Å². The van der Waals surface area contributed by atoms with Crippen LogP contribution < -0.4 is 15.2 Å². The quantitative estimate of drug-likeness (QED) is 0.574. The first kappa shape index (κ1) is 19.7. The summed E-state index contributed by atoms with van der Waals surface area (Å²) in [7, 11) is 3.01. The number of carbonyl (C=O) groups excluding carboxylic acids is 1. The monoisotopic (exact) mass is 339 g/mol. The number of nitro groups is 1. The van der Waals surface area contributed by atoms with Crippen molar-refractivity contribution >= 4 is 11.6 Å². The molecule has 0 aliphatic heterocycles. The van der Waals surface area contributed by atoms with Gasteiger partial charge in [-0.3, -0.25) is 14.9 Å². The number of methoxy groups -OCH3 is 1. The number of benzene rings is 1. The molecule has 0 saturated heterocycles. The van der Waals surface area contributed by atoms with Gasteiger partial charge in [0.05, 0.1) is 24.7 Å². The van der Waals surface area contributed by atoms with Crippen molar-refractivity contribution in [3.8, 4) is 11.5 Å². The highest BCUT2D eigenvalue weighted by molar-refractivity contribution is 5.99. The highest BCUT2D eigenvalue weighted by Gasteiger charge is 2.29. The summed E-state index contributed by atoms with van der Waals surface area (Å²) in [6.45, 7) is 6.68. The molecule has 0 aliphatic rings. The third-order valence-electron chi connectivity index (χ3n) is 3.57. The number of nitro benzene ring substituents is 1. The summed E-state index contributed by atoms with van der Waals surface area (Å²) >= 11 is 0. The molecule has 24 heavy (non-hydrogen) atoms. The third kappa shape index (κ3) is 4.58. The highest BCUT2D eigenvalue weighted by atomic mass is 16.6. The van der Waals surface area contributed by atoms with Crippen molar-refractivity contribution < 1.29 is 19.2 Å². The van der Waals surface area contributed by atoms with E-state index in [-0.39, 0.29) is 28.2 Å². The number of nitrogens with two attached hydrogens (primary N) is 1. The zero-order chi connectivity index (χ0) is 18.5. The first-order valence-electron chi connectivity index (χ1n) is 7.61. The first-order chi connectivity index (χ1) is 11.2. The van der Waals surface area contributed by atoms with Crippen molar-refractivity contribution in [1.82, 2.24) is 4.90 Å². The molecule has 2 N–H and O–H groups in total. The SMILES string of the molecule is CCOc1cc([N+](=O)[O-])c(C(=O)N(C)CC(C)(C)CN)cc1OC.